The van der Waals surface area contributed by atoms with Crippen LogP contribution in [0.3, 0.4) is 0 Å². The fraction of sp³-hybridized carbons (Fsp3) is 0.364. The molecule has 69 heavy (non-hydrogen) atoms. The van der Waals surface area contributed by atoms with Crippen molar-refractivity contribution in [2.45, 2.75) is 156 Å². The van der Waals surface area contributed by atoms with Crippen molar-refractivity contribution in [1.29, 1.82) is 0 Å². The highest BCUT2D eigenvalue weighted by molar-refractivity contribution is 7.00. The van der Waals surface area contributed by atoms with Crippen LogP contribution in [0.25, 0.3) is 0 Å². The highest BCUT2D eigenvalue weighted by Crippen LogP contribution is 2.54. The van der Waals surface area contributed by atoms with Crippen LogP contribution in [-0.4, -0.2) is 6.71 Å². The molecule has 11 rings (SSSR count). The minimum Gasteiger partial charge on any atom is -0.311 e. The van der Waals surface area contributed by atoms with Crippen molar-refractivity contribution in [2.24, 2.45) is 0 Å². The van der Waals surface area contributed by atoms with Crippen molar-refractivity contribution in [3.8, 4) is 0 Å². The van der Waals surface area contributed by atoms with Gasteiger partial charge in [0.25, 0.3) is 6.71 Å². The Hall–Kier alpha value is -5.80. The van der Waals surface area contributed by atoms with E-state index < -0.39 is 0 Å². The maximum atomic E-state index is 2.70. The number of hydrogen-bond donors (Lipinski definition) is 0. The smallest absolute Gasteiger partial charge is 0.252 e. The lowest BCUT2D eigenvalue weighted by Gasteiger charge is -2.48. The van der Waals surface area contributed by atoms with E-state index in [0.717, 1.165) is 12.8 Å². The van der Waals surface area contributed by atoms with Crippen molar-refractivity contribution in [1.82, 2.24) is 0 Å². The Labute approximate surface area is 415 Å². The Morgan fingerprint density at radius 1 is 0.478 bits per heavy atom. The molecule has 0 saturated heterocycles. The summed E-state index contributed by atoms with van der Waals surface area (Å²) in [6.45, 7) is 33.8. The van der Waals surface area contributed by atoms with E-state index in [1.165, 1.54) is 125 Å². The Morgan fingerprint density at radius 2 is 1.00 bits per heavy atom. The molecule has 0 fully saturated rings. The zero-order valence-corrected chi connectivity index (χ0v) is 44.1. The normalized spacial score (nSPS) is 18.2. The number of nitrogens with zero attached hydrogens (tertiary/aromatic N) is 2. The van der Waals surface area contributed by atoms with Crippen molar-refractivity contribution >= 4 is 57.2 Å². The molecule has 2 aliphatic heterocycles. The molecule has 1 atom stereocenters. The van der Waals surface area contributed by atoms with Gasteiger partial charge in [0.05, 0.1) is 0 Å². The predicted molar refractivity (Wildman–Crippen MR) is 298 cm³/mol. The Morgan fingerprint density at radius 3 is 1.62 bits per heavy atom. The predicted octanol–water partition coefficient (Wildman–Crippen LogP) is 15.7. The van der Waals surface area contributed by atoms with Gasteiger partial charge in [-0.25, -0.2) is 0 Å². The number of fused-ring (bicyclic) bond motifs is 6. The van der Waals surface area contributed by atoms with Crippen LogP contribution >= 0.6 is 0 Å². The molecule has 0 spiro atoms. The topological polar surface area (TPSA) is 6.48 Å². The SMILES string of the molecule is Cc1cc2c3c(c1)N(c1ccc(C(C)(C)C)cc1C)c1cc4c(cc1B3c1cc(C(Cc3ccccc3)c3ccccc3)ccc1N2c1cc2c(cc1C)C(C)(C)CC2(C)C)C(C)(C)CCC4(C)C. The van der Waals surface area contributed by atoms with Crippen LogP contribution in [0.15, 0.2) is 133 Å². The quantitative estimate of drug-likeness (QED) is 0.153. The second-order valence-electron chi connectivity index (χ2n) is 25.4. The standard InChI is InChI=1S/C66H73BN2/c1-41-31-59-61-60(32-41)69(57-38-52-49(34-43(57)3)65(11,12)40-66(52,13)14)56-27-25-46(48(45-23-19-16-20-24-45)35-44-21-17-15-18-22-44)36-53(56)67(61)54-37-50-51(64(9,10)30-29-63(50,7)8)39-58(54)68(59)55-28-26-47(33-42(55)2)62(4,5)6/h15-28,31-34,36-39,48H,29-30,35,40H2,1-14H3. The highest BCUT2D eigenvalue weighted by Gasteiger charge is 2.48. The first-order valence-corrected chi connectivity index (χ1v) is 26.0. The molecule has 0 bridgehead atoms. The second-order valence-corrected chi connectivity index (χ2v) is 25.4. The third kappa shape index (κ3) is 7.35. The summed E-state index contributed by atoms with van der Waals surface area (Å²) in [4.78, 5) is 5.38. The van der Waals surface area contributed by atoms with E-state index in [1.807, 2.05) is 0 Å². The Kier molecular flexibility index (Phi) is 10.3. The van der Waals surface area contributed by atoms with Gasteiger partial charge in [-0.05, 0) is 188 Å². The van der Waals surface area contributed by atoms with Gasteiger partial charge in [-0.2, -0.15) is 0 Å². The first-order chi connectivity index (χ1) is 32.5. The Balaban J connectivity index is 1.25. The minimum absolute atomic E-state index is 0.0200. The molecule has 350 valence electrons. The molecule has 0 aromatic heterocycles. The third-order valence-corrected chi connectivity index (χ3v) is 17.3. The molecule has 2 nitrogen and oxygen atoms in total. The largest absolute Gasteiger partial charge is 0.311 e. The van der Waals surface area contributed by atoms with E-state index in [-0.39, 0.29) is 39.7 Å². The second kappa shape index (κ2) is 15.6. The van der Waals surface area contributed by atoms with Crippen molar-refractivity contribution < 1.29 is 0 Å². The molecule has 0 radical (unpaired) electrons. The van der Waals surface area contributed by atoms with Crippen molar-refractivity contribution in [2.75, 3.05) is 9.80 Å². The van der Waals surface area contributed by atoms with Crippen LogP contribution in [0.2, 0.25) is 0 Å². The molecule has 7 aromatic rings. The monoisotopic (exact) mass is 905 g/mol. The van der Waals surface area contributed by atoms with Gasteiger partial charge in [0.2, 0.25) is 0 Å². The number of aryl methyl sites for hydroxylation is 3. The fourth-order valence-electron chi connectivity index (χ4n) is 13.6. The zero-order valence-electron chi connectivity index (χ0n) is 44.1. The average Bonchev–Trinajstić information content (AvgIpc) is 3.47. The number of anilines is 6. The lowest BCUT2D eigenvalue weighted by Crippen LogP contribution is -2.62. The molecular weight excluding hydrogens is 832 g/mol. The summed E-state index contributed by atoms with van der Waals surface area (Å²) in [5, 5.41) is 0. The van der Waals surface area contributed by atoms with Gasteiger partial charge in [-0.3, -0.25) is 0 Å². The van der Waals surface area contributed by atoms with Gasteiger partial charge in [0.1, 0.15) is 0 Å². The molecule has 2 aliphatic carbocycles. The molecule has 1 unspecified atom stereocenters. The molecular formula is C66H73BN2. The summed E-state index contributed by atoms with van der Waals surface area (Å²) in [7, 11) is 0. The minimum atomic E-state index is 0.0200. The summed E-state index contributed by atoms with van der Waals surface area (Å²) in [5.41, 5.74) is 27.7. The summed E-state index contributed by atoms with van der Waals surface area (Å²) in [6.07, 6.45) is 4.41. The van der Waals surface area contributed by atoms with Crippen LogP contribution in [0.4, 0.5) is 34.1 Å². The summed E-state index contributed by atoms with van der Waals surface area (Å²) >= 11 is 0. The van der Waals surface area contributed by atoms with Crippen molar-refractivity contribution in [3.63, 3.8) is 0 Å². The highest BCUT2D eigenvalue weighted by atomic mass is 15.2. The van der Waals surface area contributed by atoms with E-state index in [1.54, 1.807) is 0 Å². The summed E-state index contributed by atoms with van der Waals surface area (Å²) in [6, 6.07) is 52.8. The number of hydrogen-bond acceptors (Lipinski definition) is 2. The van der Waals surface area contributed by atoms with E-state index >= 15 is 0 Å². The molecule has 0 N–H and O–H groups in total. The van der Waals surface area contributed by atoms with Gasteiger partial charge in [-0.1, -0.05) is 173 Å². The number of benzene rings is 7. The van der Waals surface area contributed by atoms with Gasteiger partial charge in [0, 0.05) is 40.0 Å². The summed E-state index contributed by atoms with van der Waals surface area (Å²) < 4.78 is 0. The van der Waals surface area contributed by atoms with Crippen LogP contribution < -0.4 is 26.2 Å². The Bertz CT molecular complexity index is 3200. The third-order valence-electron chi connectivity index (χ3n) is 17.3. The molecule has 2 heterocycles. The van der Waals surface area contributed by atoms with Gasteiger partial charge < -0.3 is 9.80 Å². The number of rotatable bonds is 6. The van der Waals surface area contributed by atoms with Gasteiger partial charge in [0.15, 0.2) is 0 Å². The van der Waals surface area contributed by atoms with E-state index in [2.05, 4.69) is 240 Å². The lowest BCUT2D eigenvalue weighted by molar-refractivity contribution is 0.332. The van der Waals surface area contributed by atoms with Crippen LogP contribution in [0.1, 0.15) is 163 Å². The van der Waals surface area contributed by atoms with Crippen LogP contribution in [0, 0.1) is 20.8 Å². The first-order valence-electron chi connectivity index (χ1n) is 26.0. The average molecular weight is 905 g/mol. The summed E-state index contributed by atoms with van der Waals surface area (Å²) in [5.74, 6) is 0.183. The van der Waals surface area contributed by atoms with E-state index in [4.69, 9.17) is 0 Å². The molecule has 0 saturated carbocycles. The molecule has 0 amide bonds. The van der Waals surface area contributed by atoms with E-state index in [0.29, 0.717) is 0 Å². The lowest BCUT2D eigenvalue weighted by atomic mass is 9.33. The molecule has 3 heteroatoms. The van der Waals surface area contributed by atoms with E-state index in [9.17, 15) is 0 Å². The van der Waals surface area contributed by atoms with Gasteiger partial charge >= 0.3 is 0 Å². The maximum Gasteiger partial charge on any atom is 0.252 e. The molecule has 7 aromatic carbocycles. The van der Waals surface area contributed by atoms with Crippen molar-refractivity contribution in [3.05, 3.63) is 195 Å². The van der Waals surface area contributed by atoms with Crippen LogP contribution in [-0.2, 0) is 33.5 Å². The molecule has 4 aliphatic rings. The first kappa shape index (κ1) is 45.6. The maximum absolute atomic E-state index is 2.70. The zero-order chi connectivity index (χ0) is 48.7. The fourth-order valence-corrected chi connectivity index (χ4v) is 13.6. The van der Waals surface area contributed by atoms with Crippen LogP contribution in [0.5, 0.6) is 0 Å². The van der Waals surface area contributed by atoms with Gasteiger partial charge in [-0.15, -0.1) is 0 Å².